The fraction of sp³-hybridized carbons (Fsp3) is 0.464. The minimum atomic E-state index is -1.19. The number of carboxylic acids is 1. The molecular weight excluding hydrogens is 486 g/mol. The SMILES string of the molecule is CCCN(CC)C1CCC(C(=O)Nc2c(C=O)oc3ccc(C(=O)O)nc23)CC1.CNc1ccc(C)cn1. The lowest BCUT2D eigenvalue weighted by molar-refractivity contribution is -0.121. The third kappa shape index (κ3) is 7.16. The molecule has 204 valence electrons. The zero-order chi connectivity index (χ0) is 27.7. The highest BCUT2D eigenvalue weighted by atomic mass is 16.4. The molecule has 4 rings (SSSR count). The first-order valence-corrected chi connectivity index (χ1v) is 13.1. The third-order valence-corrected chi connectivity index (χ3v) is 6.80. The second kappa shape index (κ2) is 13.7. The van der Waals surface area contributed by atoms with Gasteiger partial charge in [0.25, 0.3) is 0 Å². The molecule has 10 nitrogen and oxygen atoms in total. The number of aldehydes is 1. The van der Waals surface area contributed by atoms with Crippen molar-refractivity contribution in [3.8, 4) is 0 Å². The van der Waals surface area contributed by atoms with E-state index in [0.29, 0.717) is 12.3 Å². The summed E-state index contributed by atoms with van der Waals surface area (Å²) in [5, 5.41) is 14.9. The number of hydrogen-bond donors (Lipinski definition) is 3. The van der Waals surface area contributed by atoms with Crippen LogP contribution in [0.5, 0.6) is 0 Å². The molecule has 10 heteroatoms. The van der Waals surface area contributed by atoms with Crippen molar-refractivity contribution in [2.75, 3.05) is 30.8 Å². The summed E-state index contributed by atoms with van der Waals surface area (Å²) in [6.45, 7) is 8.44. The first-order valence-electron chi connectivity index (χ1n) is 13.1. The Labute approximate surface area is 222 Å². The summed E-state index contributed by atoms with van der Waals surface area (Å²) in [5.41, 5.74) is 1.59. The number of aromatic carboxylic acids is 1. The van der Waals surface area contributed by atoms with Gasteiger partial charge in [0.2, 0.25) is 5.91 Å². The monoisotopic (exact) mass is 523 g/mol. The van der Waals surface area contributed by atoms with Crippen molar-refractivity contribution in [2.45, 2.75) is 58.9 Å². The van der Waals surface area contributed by atoms with E-state index in [-0.39, 0.29) is 40.1 Å². The lowest BCUT2D eigenvalue weighted by atomic mass is 9.84. The second-order valence-electron chi connectivity index (χ2n) is 9.40. The summed E-state index contributed by atoms with van der Waals surface area (Å²) in [6, 6.07) is 7.22. The number of carboxylic acid groups (broad SMARTS) is 1. The maximum Gasteiger partial charge on any atom is 0.354 e. The number of amides is 1. The lowest BCUT2D eigenvalue weighted by Crippen LogP contribution is -2.40. The second-order valence-corrected chi connectivity index (χ2v) is 9.40. The zero-order valence-corrected chi connectivity index (χ0v) is 22.5. The van der Waals surface area contributed by atoms with Crippen LogP contribution in [-0.4, -0.2) is 64.3 Å². The van der Waals surface area contributed by atoms with Gasteiger partial charge < -0.3 is 25.1 Å². The van der Waals surface area contributed by atoms with Gasteiger partial charge in [0, 0.05) is 25.2 Å². The number of carbonyl (C=O) groups excluding carboxylic acids is 2. The number of nitrogens with one attached hydrogen (secondary N) is 2. The van der Waals surface area contributed by atoms with E-state index in [9.17, 15) is 14.4 Å². The minimum absolute atomic E-state index is 0.0582. The van der Waals surface area contributed by atoms with Crippen molar-refractivity contribution in [3.63, 3.8) is 0 Å². The molecule has 0 spiro atoms. The Balaban J connectivity index is 0.000000375. The topological polar surface area (TPSA) is 138 Å². The van der Waals surface area contributed by atoms with Crippen molar-refractivity contribution in [1.29, 1.82) is 0 Å². The largest absolute Gasteiger partial charge is 0.477 e. The number of fused-ring (bicyclic) bond motifs is 1. The molecule has 3 aromatic rings. The predicted octanol–water partition coefficient (Wildman–Crippen LogP) is 5.00. The first-order chi connectivity index (χ1) is 18.3. The van der Waals surface area contributed by atoms with Crippen LogP contribution in [0.15, 0.2) is 34.9 Å². The molecule has 0 unspecified atom stereocenters. The molecule has 3 aromatic heterocycles. The number of rotatable bonds is 9. The Morgan fingerprint density at radius 2 is 1.89 bits per heavy atom. The molecule has 0 aliphatic heterocycles. The maximum atomic E-state index is 12.8. The number of hydrogen-bond acceptors (Lipinski definition) is 8. The Hall–Kier alpha value is -3.79. The number of aromatic nitrogens is 2. The van der Waals surface area contributed by atoms with Gasteiger partial charge in [-0.2, -0.15) is 0 Å². The van der Waals surface area contributed by atoms with Gasteiger partial charge in [0.1, 0.15) is 22.7 Å². The molecule has 0 radical (unpaired) electrons. The summed E-state index contributed by atoms with van der Waals surface area (Å²) >= 11 is 0. The minimum Gasteiger partial charge on any atom is -0.477 e. The van der Waals surface area contributed by atoms with E-state index in [1.54, 1.807) is 0 Å². The summed E-state index contributed by atoms with van der Waals surface area (Å²) in [5.74, 6) is -0.671. The van der Waals surface area contributed by atoms with Crippen LogP contribution in [0.3, 0.4) is 0 Å². The predicted molar refractivity (Wildman–Crippen MR) is 147 cm³/mol. The molecule has 3 N–H and O–H groups in total. The van der Waals surface area contributed by atoms with Crippen molar-refractivity contribution in [1.82, 2.24) is 14.9 Å². The fourth-order valence-electron chi connectivity index (χ4n) is 4.75. The Bertz CT molecular complexity index is 1230. The highest BCUT2D eigenvalue weighted by molar-refractivity contribution is 6.06. The van der Waals surface area contributed by atoms with Gasteiger partial charge in [-0.25, -0.2) is 14.8 Å². The van der Waals surface area contributed by atoms with E-state index in [4.69, 9.17) is 9.52 Å². The van der Waals surface area contributed by atoms with Crippen LogP contribution in [0.2, 0.25) is 0 Å². The van der Waals surface area contributed by atoms with Crippen LogP contribution in [-0.2, 0) is 4.79 Å². The van der Waals surface area contributed by atoms with Gasteiger partial charge in [-0.15, -0.1) is 0 Å². The Morgan fingerprint density at radius 3 is 2.45 bits per heavy atom. The number of carbonyl (C=O) groups is 3. The standard InChI is InChI=1S/C21H27N3O5.C7H10N2/c1-3-11-24(4-2)14-7-5-13(6-8-14)20(26)23-19-17(12-25)29-16-10-9-15(21(27)28)22-18(16)19;1-6-3-4-7(8-2)9-5-6/h9-10,12-14H,3-8,11H2,1-2H3,(H,23,26)(H,27,28);3-5H,1-2H3,(H,8,9). The van der Waals surface area contributed by atoms with E-state index < -0.39 is 5.97 Å². The normalized spacial score (nSPS) is 17.0. The van der Waals surface area contributed by atoms with Crippen LogP contribution in [0.1, 0.15) is 72.6 Å². The van der Waals surface area contributed by atoms with Crippen molar-refractivity contribution in [3.05, 3.63) is 47.5 Å². The van der Waals surface area contributed by atoms with Crippen molar-refractivity contribution >= 4 is 40.8 Å². The fourth-order valence-corrected chi connectivity index (χ4v) is 4.75. The smallest absolute Gasteiger partial charge is 0.354 e. The van der Waals surface area contributed by atoms with E-state index in [0.717, 1.165) is 51.0 Å². The third-order valence-electron chi connectivity index (χ3n) is 6.80. The van der Waals surface area contributed by atoms with Gasteiger partial charge in [-0.1, -0.05) is 19.9 Å². The van der Waals surface area contributed by atoms with Crippen molar-refractivity contribution in [2.24, 2.45) is 5.92 Å². The van der Waals surface area contributed by atoms with Gasteiger partial charge in [-0.3, -0.25) is 9.59 Å². The molecule has 0 saturated heterocycles. The summed E-state index contributed by atoms with van der Waals surface area (Å²) in [7, 11) is 1.86. The summed E-state index contributed by atoms with van der Waals surface area (Å²) < 4.78 is 5.42. The highest BCUT2D eigenvalue weighted by Crippen LogP contribution is 2.32. The molecule has 0 aromatic carbocycles. The molecular formula is C28H37N5O5. The van der Waals surface area contributed by atoms with Crippen LogP contribution in [0.4, 0.5) is 11.5 Å². The molecule has 0 bridgehead atoms. The average molecular weight is 524 g/mol. The summed E-state index contributed by atoms with van der Waals surface area (Å²) in [4.78, 5) is 46.0. The van der Waals surface area contributed by atoms with Crippen LogP contribution in [0, 0.1) is 12.8 Å². The number of pyridine rings is 2. The van der Waals surface area contributed by atoms with Gasteiger partial charge in [-0.05, 0) is 75.9 Å². The molecule has 1 fully saturated rings. The number of nitrogens with zero attached hydrogens (tertiary/aromatic N) is 3. The Morgan fingerprint density at radius 1 is 1.16 bits per heavy atom. The van der Waals surface area contributed by atoms with E-state index in [1.807, 2.05) is 32.3 Å². The van der Waals surface area contributed by atoms with E-state index in [2.05, 4.69) is 39.3 Å². The van der Waals surface area contributed by atoms with Gasteiger partial charge in [0.15, 0.2) is 17.6 Å². The molecule has 3 heterocycles. The van der Waals surface area contributed by atoms with Crippen LogP contribution in [0.25, 0.3) is 11.1 Å². The number of aryl methyl sites for hydroxylation is 1. The number of furan rings is 1. The molecule has 1 aliphatic rings. The first kappa shape index (κ1) is 28.8. The molecule has 1 saturated carbocycles. The molecule has 0 atom stereocenters. The van der Waals surface area contributed by atoms with E-state index in [1.165, 1.54) is 17.7 Å². The lowest BCUT2D eigenvalue weighted by Gasteiger charge is -2.35. The van der Waals surface area contributed by atoms with Gasteiger partial charge in [0.05, 0.1) is 0 Å². The highest BCUT2D eigenvalue weighted by Gasteiger charge is 2.30. The summed E-state index contributed by atoms with van der Waals surface area (Å²) in [6.07, 6.45) is 6.92. The van der Waals surface area contributed by atoms with E-state index >= 15 is 0 Å². The molecule has 38 heavy (non-hydrogen) atoms. The van der Waals surface area contributed by atoms with Crippen LogP contribution >= 0.6 is 0 Å². The zero-order valence-electron chi connectivity index (χ0n) is 22.5. The molecule has 1 aliphatic carbocycles. The van der Waals surface area contributed by atoms with Crippen LogP contribution < -0.4 is 10.6 Å². The number of anilines is 2. The average Bonchev–Trinajstić information content (AvgIpc) is 3.29. The Kier molecular flexibility index (Phi) is 10.3. The molecule has 1 amide bonds. The quantitative estimate of drug-likeness (QED) is 0.331. The maximum absolute atomic E-state index is 12.8. The van der Waals surface area contributed by atoms with Crippen molar-refractivity contribution < 1.29 is 23.9 Å². The van der Waals surface area contributed by atoms with Gasteiger partial charge >= 0.3 is 5.97 Å².